The zero-order valence-electron chi connectivity index (χ0n) is 11.9. The quantitative estimate of drug-likeness (QED) is 0.249. The number of hydrogen-bond donors (Lipinski definition) is 2. The van der Waals surface area contributed by atoms with Gasteiger partial charge in [0, 0.05) is 25.7 Å². The minimum absolute atomic E-state index is 0.00119. The summed E-state index contributed by atoms with van der Waals surface area (Å²) >= 11 is 0.999. The highest BCUT2D eigenvalue weighted by Gasteiger charge is 2.25. The highest BCUT2D eigenvalue weighted by atomic mass is 32.2. The summed E-state index contributed by atoms with van der Waals surface area (Å²) in [5, 5.41) is 6.74. The van der Waals surface area contributed by atoms with Crippen LogP contribution in [0.3, 0.4) is 0 Å². The van der Waals surface area contributed by atoms with Gasteiger partial charge in [-0.05, 0) is 9.13 Å². The molecule has 16 heteroatoms. The molecule has 0 fully saturated rings. The summed E-state index contributed by atoms with van der Waals surface area (Å²) in [6.07, 6.45) is 0. The second-order valence-corrected chi connectivity index (χ2v) is 11.3. The summed E-state index contributed by atoms with van der Waals surface area (Å²) in [6.45, 7) is 3.52. The van der Waals surface area contributed by atoms with Crippen molar-refractivity contribution >= 4 is 48.4 Å². The van der Waals surface area contributed by atoms with Crippen LogP contribution in [0.5, 0.6) is 0 Å². The van der Waals surface area contributed by atoms with Crippen LogP contribution >= 0.6 is 43.2 Å². The normalized spacial score (nSPS) is 15.1. The third-order valence-electron chi connectivity index (χ3n) is 1.14. The van der Waals surface area contributed by atoms with Gasteiger partial charge >= 0.3 is 24.1 Å². The van der Waals surface area contributed by atoms with Crippen molar-refractivity contribution in [3.05, 3.63) is 0 Å². The van der Waals surface area contributed by atoms with Gasteiger partial charge < -0.3 is 20.0 Å². The van der Waals surface area contributed by atoms with E-state index < -0.39 is 31.5 Å². The summed E-state index contributed by atoms with van der Waals surface area (Å²) in [7, 11) is -12.5. The number of thioether (sulfide) groups is 1. The van der Waals surface area contributed by atoms with Crippen LogP contribution in [0, 0.1) is 5.41 Å². The molecule has 3 atom stereocenters. The van der Waals surface area contributed by atoms with E-state index in [4.69, 9.17) is 11.1 Å². The number of nitrogens with two attached hydrogens (primary N) is 1. The van der Waals surface area contributed by atoms with Crippen molar-refractivity contribution in [2.24, 2.45) is 5.73 Å². The fraction of sp³-hybridized carbons (Fsp3) is 0.833. The number of amidine groups is 1. The van der Waals surface area contributed by atoms with Crippen LogP contribution in [0.15, 0.2) is 0 Å². The third kappa shape index (κ3) is 22.6. The second-order valence-electron chi connectivity index (χ2n) is 3.68. The first-order valence-electron chi connectivity index (χ1n) is 5.17. The first kappa shape index (κ1) is 24.5. The minimum atomic E-state index is -3.53. The molecule has 11 nitrogen and oxygen atoms in total. The Morgan fingerprint density at radius 1 is 1.18 bits per heavy atom. The molecule has 3 N–H and O–H groups in total. The molecule has 0 amide bonds. The number of rotatable bonds is 8. The molecule has 0 rings (SSSR count). The standard InChI is InChI=1S/C4H10N2O5P2S.C2H6O4P2/c1-13(9,11-12(7)8)10-2-3-14-4(5)6;1-8(2,5)6-7(3)4/h2-3H2,1H3,(H3,5,6);1-2H3. The topological polar surface area (TPSA) is 192 Å². The van der Waals surface area contributed by atoms with Crippen LogP contribution in [0.25, 0.3) is 0 Å². The third-order valence-corrected chi connectivity index (χ3v) is 6.30. The van der Waals surface area contributed by atoms with Gasteiger partial charge in [-0.2, -0.15) is 0 Å². The Hall–Kier alpha value is 0.280. The molecule has 0 bridgehead atoms. The predicted octanol–water partition coefficient (Wildman–Crippen LogP) is 1.05. The molecule has 0 radical (unpaired) electrons. The first-order valence-corrected chi connectivity index (χ1v) is 12.9. The van der Waals surface area contributed by atoms with E-state index in [1.54, 1.807) is 0 Å². The van der Waals surface area contributed by atoms with Crippen molar-refractivity contribution in [2.75, 3.05) is 32.4 Å². The van der Waals surface area contributed by atoms with Gasteiger partial charge in [0.1, 0.15) is 0 Å². The van der Waals surface area contributed by atoms with E-state index in [2.05, 4.69) is 13.1 Å². The molecule has 3 unspecified atom stereocenters. The van der Waals surface area contributed by atoms with E-state index in [0.29, 0.717) is 5.75 Å². The molecule has 0 saturated heterocycles. The maximum Gasteiger partial charge on any atom is 0.497 e. The molecule has 22 heavy (non-hydrogen) atoms. The van der Waals surface area contributed by atoms with E-state index in [1.165, 1.54) is 13.3 Å². The van der Waals surface area contributed by atoms with Crippen molar-refractivity contribution in [3.63, 3.8) is 0 Å². The first-order chi connectivity index (χ1) is 9.75. The van der Waals surface area contributed by atoms with Gasteiger partial charge in [0.25, 0.3) is 7.37 Å². The number of hydrogen-bond acceptors (Lipinski definition) is 11. The van der Waals surface area contributed by atoms with Crippen LogP contribution in [-0.4, -0.2) is 37.5 Å². The van der Waals surface area contributed by atoms with Crippen LogP contribution in [0.1, 0.15) is 0 Å². The highest BCUT2D eigenvalue weighted by molar-refractivity contribution is 8.13. The van der Waals surface area contributed by atoms with Crippen LogP contribution in [0.4, 0.5) is 0 Å². The lowest BCUT2D eigenvalue weighted by Crippen LogP contribution is -2.07. The molecule has 0 aromatic rings. The summed E-state index contributed by atoms with van der Waals surface area (Å²) < 4.78 is 53.9. The van der Waals surface area contributed by atoms with E-state index in [1.807, 2.05) is 0 Å². The lowest BCUT2D eigenvalue weighted by molar-refractivity contribution is -0.179. The Labute approximate surface area is 133 Å². The zero-order valence-corrected chi connectivity index (χ0v) is 16.3. The van der Waals surface area contributed by atoms with E-state index in [0.717, 1.165) is 18.4 Å². The van der Waals surface area contributed by atoms with E-state index in [9.17, 15) is 28.0 Å². The summed E-state index contributed by atoms with van der Waals surface area (Å²) in [5.74, 6) is 0.312. The molecule has 130 valence electrons. The fourth-order valence-corrected chi connectivity index (χ4v) is 4.03. The molecule has 0 aliphatic rings. The smallest absolute Gasteiger partial charge is 0.497 e. The van der Waals surface area contributed by atoms with Crippen molar-refractivity contribution < 1.29 is 41.2 Å². The summed E-state index contributed by atoms with van der Waals surface area (Å²) in [5.41, 5.74) is 5.02. The molecule has 0 heterocycles. The Morgan fingerprint density at radius 3 is 1.91 bits per heavy atom. The van der Waals surface area contributed by atoms with Gasteiger partial charge in [-0.1, -0.05) is 20.4 Å². The molecule has 0 aliphatic heterocycles. The molecule has 0 aromatic carbocycles. The second kappa shape index (κ2) is 11.8. The SMILES string of the molecule is CP(=O)(OCCSC(=N)N)O[P+](=O)[O-].CP(C)(=O)O[P+](=O)[O-]. The summed E-state index contributed by atoms with van der Waals surface area (Å²) in [4.78, 5) is 19.7. The lowest BCUT2D eigenvalue weighted by Gasteiger charge is -2.07. The van der Waals surface area contributed by atoms with Crippen molar-refractivity contribution in [1.29, 1.82) is 5.41 Å². The monoisotopic (exact) mass is 416 g/mol. The van der Waals surface area contributed by atoms with Crippen LogP contribution in [0.2, 0.25) is 0 Å². The number of nitrogens with one attached hydrogen (secondary N) is 1. The Morgan fingerprint density at radius 2 is 1.64 bits per heavy atom. The van der Waals surface area contributed by atoms with Crippen molar-refractivity contribution in [3.8, 4) is 0 Å². The van der Waals surface area contributed by atoms with Gasteiger partial charge in [0.15, 0.2) is 5.17 Å². The average molecular weight is 416 g/mol. The minimum Gasteiger partial charge on any atom is -0.566 e. The summed E-state index contributed by atoms with van der Waals surface area (Å²) in [6, 6.07) is 0. The van der Waals surface area contributed by atoms with Crippen LogP contribution in [-0.2, 0) is 31.4 Å². The molecular formula is C6H16N2O9P4S. The van der Waals surface area contributed by atoms with Gasteiger partial charge in [-0.15, -0.1) is 0 Å². The predicted molar refractivity (Wildman–Crippen MR) is 80.7 cm³/mol. The molecule has 0 aliphatic carbocycles. The molecule has 0 aromatic heterocycles. The Balaban J connectivity index is 0. The van der Waals surface area contributed by atoms with Crippen molar-refractivity contribution in [2.45, 2.75) is 0 Å². The van der Waals surface area contributed by atoms with Crippen molar-refractivity contribution in [1.82, 2.24) is 0 Å². The van der Waals surface area contributed by atoms with Gasteiger partial charge in [-0.25, -0.2) is 0 Å². The Kier molecular flexibility index (Phi) is 13.1. The Bertz CT molecular complexity index is 494. The fourth-order valence-electron chi connectivity index (χ4n) is 0.660. The lowest BCUT2D eigenvalue weighted by atomic mass is 10.9. The maximum atomic E-state index is 11.1. The van der Waals surface area contributed by atoms with Gasteiger partial charge in [0.2, 0.25) is 0 Å². The van der Waals surface area contributed by atoms with Gasteiger partial charge in [0.05, 0.1) is 6.61 Å². The van der Waals surface area contributed by atoms with E-state index >= 15 is 0 Å². The van der Waals surface area contributed by atoms with Gasteiger partial charge in [-0.3, -0.25) is 14.5 Å². The molecular weight excluding hydrogens is 400 g/mol. The largest absolute Gasteiger partial charge is 0.566 e. The average Bonchev–Trinajstić information content (AvgIpc) is 2.19. The molecule has 0 saturated carbocycles. The van der Waals surface area contributed by atoms with Crippen LogP contribution < -0.4 is 15.5 Å². The molecule has 0 spiro atoms. The highest BCUT2D eigenvalue weighted by Crippen LogP contribution is 2.49. The van der Waals surface area contributed by atoms with E-state index in [-0.39, 0.29) is 11.8 Å². The maximum absolute atomic E-state index is 11.1. The zero-order chi connectivity index (χ0) is 18.0.